The fourth-order valence-corrected chi connectivity index (χ4v) is 1.69. The summed E-state index contributed by atoms with van der Waals surface area (Å²) < 4.78 is 5.01. The summed E-state index contributed by atoms with van der Waals surface area (Å²) in [7, 11) is 0. The minimum Gasteiger partial charge on any atom is -0.481 e. The fraction of sp³-hybridized carbons (Fsp3) is 0.600. The molecule has 0 aromatic carbocycles. The summed E-state index contributed by atoms with van der Waals surface area (Å²) in [5.41, 5.74) is 5.12. The Labute approximate surface area is 113 Å². The number of amides is 3. The van der Waals surface area contributed by atoms with E-state index in [-0.39, 0.29) is 19.8 Å². The van der Waals surface area contributed by atoms with Crippen molar-refractivity contribution in [3.63, 3.8) is 0 Å². The maximum atomic E-state index is 11.9. The number of nitrogens with zero attached hydrogens (tertiary/aromatic N) is 1. The number of primary amides is 1. The van der Waals surface area contributed by atoms with Crippen molar-refractivity contribution in [1.29, 1.82) is 0 Å². The van der Waals surface area contributed by atoms with Gasteiger partial charge in [0.25, 0.3) is 0 Å². The van der Waals surface area contributed by atoms with Gasteiger partial charge >= 0.3 is 18.0 Å². The lowest BCUT2D eigenvalue weighted by Gasteiger charge is -2.34. The number of aliphatic carboxylic acids is 2. The number of nitrogens with two attached hydrogens (primary N) is 1. The van der Waals surface area contributed by atoms with Crippen LogP contribution in [-0.2, 0) is 19.1 Å². The Morgan fingerprint density at radius 2 is 2.00 bits per heavy atom. The topological polar surface area (TPSA) is 159 Å². The van der Waals surface area contributed by atoms with Crippen LogP contribution in [0.3, 0.4) is 0 Å². The van der Waals surface area contributed by atoms with Crippen molar-refractivity contribution in [3.8, 4) is 0 Å². The van der Waals surface area contributed by atoms with Gasteiger partial charge in [0.2, 0.25) is 5.91 Å². The molecule has 2 atom stereocenters. The highest BCUT2D eigenvalue weighted by Gasteiger charge is 2.33. The first-order valence-corrected chi connectivity index (χ1v) is 5.71. The Bertz CT molecular complexity index is 425. The second kappa shape index (κ2) is 6.70. The Kier molecular flexibility index (Phi) is 5.26. The van der Waals surface area contributed by atoms with E-state index in [4.69, 9.17) is 20.7 Å². The molecule has 0 spiro atoms. The molecule has 3 amide bonds. The predicted octanol–water partition coefficient (Wildman–Crippen LogP) is -2.19. The lowest BCUT2D eigenvalue weighted by Crippen LogP contribution is -2.59. The van der Waals surface area contributed by atoms with Crippen LogP contribution in [0.25, 0.3) is 0 Å². The summed E-state index contributed by atoms with van der Waals surface area (Å²) in [6.07, 6.45) is -0.771. The molecular formula is C10H15N3O7. The molecule has 1 unspecified atom stereocenters. The number of carbonyl (C=O) groups is 4. The Morgan fingerprint density at radius 1 is 1.35 bits per heavy atom. The largest absolute Gasteiger partial charge is 0.481 e. The van der Waals surface area contributed by atoms with Crippen LogP contribution in [-0.4, -0.2) is 70.8 Å². The van der Waals surface area contributed by atoms with Crippen LogP contribution in [0.4, 0.5) is 4.79 Å². The van der Waals surface area contributed by atoms with E-state index >= 15 is 0 Å². The van der Waals surface area contributed by atoms with E-state index in [2.05, 4.69) is 0 Å². The van der Waals surface area contributed by atoms with Crippen molar-refractivity contribution >= 4 is 23.9 Å². The van der Waals surface area contributed by atoms with Crippen molar-refractivity contribution in [2.45, 2.75) is 18.5 Å². The van der Waals surface area contributed by atoms with E-state index in [0.717, 1.165) is 4.90 Å². The first-order chi connectivity index (χ1) is 9.32. The number of carboxylic acids is 2. The van der Waals surface area contributed by atoms with Crippen molar-refractivity contribution in [2.24, 2.45) is 5.73 Å². The van der Waals surface area contributed by atoms with Crippen LogP contribution in [0.1, 0.15) is 6.42 Å². The number of carbonyl (C=O) groups excluding carboxylic acids is 2. The van der Waals surface area contributed by atoms with Gasteiger partial charge in [0.05, 0.1) is 19.6 Å². The second-order valence-corrected chi connectivity index (χ2v) is 4.12. The fourth-order valence-electron chi connectivity index (χ4n) is 1.69. The molecular weight excluding hydrogens is 274 g/mol. The number of nitrogens with one attached hydrogen (secondary N) is 1. The van der Waals surface area contributed by atoms with Crippen molar-refractivity contribution in [3.05, 3.63) is 0 Å². The smallest absolute Gasteiger partial charge is 0.326 e. The molecule has 0 aromatic rings. The summed E-state index contributed by atoms with van der Waals surface area (Å²) in [6, 6.07) is -3.47. The van der Waals surface area contributed by atoms with Crippen LogP contribution in [0.2, 0.25) is 0 Å². The number of hydrogen-bond acceptors (Lipinski definition) is 5. The Morgan fingerprint density at radius 3 is 2.50 bits per heavy atom. The van der Waals surface area contributed by atoms with E-state index in [0.29, 0.717) is 0 Å². The molecule has 1 aliphatic rings. The highest BCUT2D eigenvalue weighted by Crippen LogP contribution is 2.07. The molecule has 1 fully saturated rings. The molecule has 112 valence electrons. The summed E-state index contributed by atoms with van der Waals surface area (Å²) >= 11 is 0. The normalized spacial score (nSPS) is 20.0. The van der Waals surface area contributed by atoms with E-state index < -0.39 is 42.4 Å². The monoisotopic (exact) mass is 289 g/mol. The minimum absolute atomic E-state index is 0.0544. The standard InChI is InChI=1S/C10H15N3O7/c11-8(16)6-4-20-2-1-13(6)10(19)12-5(9(17)18)3-7(14)15/h5-6H,1-4H2,(H2,11,16)(H,12,19)(H,14,15)(H,17,18)/t5-,6?/m1/s1. The zero-order chi connectivity index (χ0) is 15.3. The zero-order valence-corrected chi connectivity index (χ0v) is 10.4. The van der Waals surface area contributed by atoms with Gasteiger partial charge in [-0.25, -0.2) is 9.59 Å². The molecule has 1 saturated heterocycles. The lowest BCUT2D eigenvalue weighted by atomic mass is 10.2. The zero-order valence-electron chi connectivity index (χ0n) is 10.4. The van der Waals surface area contributed by atoms with E-state index in [1.165, 1.54) is 0 Å². The van der Waals surface area contributed by atoms with Crippen LogP contribution in [0.5, 0.6) is 0 Å². The average molecular weight is 289 g/mol. The molecule has 0 radical (unpaired) electrons. The number of morpholine rings is 1. The van der Waals surface area contributed by atoms with Gasteiger partial charge in [0.15, 0.2) is 0 Å². The van der Waals surface area contributed by atoms with Crippen LogP contribution >= 0.6 is 0 Å². The average Bonchev–Trinajstić information content (AvgIpc) is 2.37. The lowest BCUT2D eigenvalue weighted by molar-refractivity contribution is -0.145. The molecule has 0 aliphatic carbocycles. The first kappa shape index (κ1) is 15.7. The number of hydrogen-bond donors (Lipinski definition) is 4. The van der Waals surface area contributed by atoms with Gasteiger partial charge in [-0.15, -0.1) is 0 Å². The third-order valence-corrected chi connectivity index (χ3v) is 2.69. The number of urea groups is 1. The third kappa shape index (κ3) is 4.09. The maximum absolute atomic E-state index is 11.9. The van der Waals surface area contributed by atoms with Crippen LogP contribution in [0, 0.1) is 0 Å². The van der Waals surface area contributed by atoms with Crippen molar-refractivity contribution < 1.29 is 34.1 Å². The van der Waals surface area contributed by atoms with Gasteiger partial charge in [0, 0.05) is 6.54 Å². The van der Waals surface area contributed by atoms with Gasteiger partial charge in [-0.1, -0.05) is 0 Å². The summed E-state index contributed by atoms with van der Waals surface area (Å²) in [5.74, 6) is -3.64. The number of rotatable bonds is 5. The van der Waals surface area contributed by atoms with Gasteiger partial charge in [-0.2, -0.15) is 0 Å². The molecule has 20 heavy (non-hydrogen) atoms. The highest BCUT2D eigenvalue weighted by atomic mass is 16.5. The van der Waals surface area contributed by atoms with Crippen LogP contribution in [0.15, 0.2) is 0 Å². The van der Waals surface area contributed by atoms with Gasteiger partial charge in [-0.05, 0) is 0 Å². The molecule has 0 saturated carbocycles. The molecule has 1 aliphatic heterocycles. The van der Waals surface area contributed by atoms with Crippen LogP contribution < -0.4 is 11.1 Å². The summed E-state index contributed by atoms with van der Waals surface area (Å²) in [5, 5.41) is 19.5. The SMILES string of the molecule is NC(=O)C1COCCN1C(=O)N[C@H](CC(=O)O)C(=O)O. The summed E-state index contributed by atoms with van der Waals surface area (Å²) in [4.78, 5) is 45.5. The molecule has 0 aromatic heterocycles. The molecule has 0 bridgehead atoms. The first-order valence-electron chi connectivity index (χ1n) is 5.71. The van der Waals surface area contributed by atoms with E-state index in [1.807, 2.05) is 5.32 Å². The summed E-state index contributed by atoms with van der Waals surface area (Å²) in [6.45, 7) is 0.145. The van der Waals surface area contributed by atoms with E-state index in [9.17, 15) is 19.2 Å². The molecule has 10 nitrogen and oxygen atoms in total. The van der Waals surface area contributed by atoms with Gasteiger partial charge < -0.3 is 30.9 Å². The highest BCUT2D eigenvalue weighted by molar-refractivity contribution is 5.89. The number of carboxylic acid groups (broad SMARTS) is 2. The quantitative estimate of drug-likeness (QED) is 0.447. The van der Waals surface area contributed by atoms with Gasteiger partial charge in [-0.3, -0.25) is 9.59 Å². The number of ether oxygens (including phenoxy) is 1. The second-order valence-electron chi connectivity index (χ2n) is 4.12. The molecule has 5 N–H and O–H groups in total. The maximum Gasteiger partial charge on any atom is 0.326 e. The minimum atomic E-state index is -1.59. The Balaban J connectivity index is 2.73. The van der Waals surface area contributed by atoms with Crippen molar-refractivity contribution in [1.82, 2.24) is 10.2 Å². The molecule has 1 heterocycles. The Hall–Kier alpha value is -2.36. The molecule has 1 rings (SSSR count). The van der Waals surface area contributed by atoms with Crippen molar-refractivity contribution in [2.75, 3.05) is 19.8 Å². The predicted molar refractivity (Wildman–Crippen MR) is 62.7 cm³/mol. The van der Waals surface area contributed by atoms with E-state index in [1.54, 1.807) is 0 Å². The van der Waals surface area contributed by atoms with Gasteiger partial charge in [0.1, 0.15) is 12.1 Å². The third-order valence-electron chi connectivity index (χ3n) is 2.69. The molecule has 10 heteroatoms.